The van der Waals surface area contributed by atoms with Crippen LogP contribution in [0.1, 0.15) is 18.4 Å². The van der Waals surface area contributed by atoms with Gasteiger partial charge in [-0.2, -0.15) is 4.31 Å². The van der Waals surface area contributed by atoms with E-state index in [-0.39, 0.29) is 0 Å². The lowest BCUT2D eigenvalue weighted by molar-refractivity contribution is 0.196. The Labute approximate surface area is 121 Å². The molecule has 0 saturated carbocycles. The van der Waals surface area contributed by atoms with Crippen LogP contribution >= 0.6 is 0 Å². The molecule has 0 bridgehead atoms. The SMILES string of the molecule is CN(C)C1CCN(S(=O)(=O)c2cccc(CN)c2)CC1. The standard InChI is InChI=1S/C14H23N3O2S/c1-16(2)13-6-8-17(9-7-13)20(18,19)14-5-3-4-12(10-14)11-15/h3-5,10,13H,6-9,11,15H2,1-2H3. The van der Waals surface area contributed by atoms with Crippen molar-refractivity contribution in [3.63, 3.8) is 0 Å². The number of rotatable bonds is 4. The molecule has 0 radical (unpaired) electrons. The van der Waals surface area contributed by atoms with Crippen LogP contribution in [0.3, 0.4) is 0 Å². The van der Waals surface area contributed by atoms with Gasteiger partial charge in [0, 0.05) is 25.7 Å². The molecule has 1 aliphatic heterocycles. The first kappa shape index (κ1) is 15.4. The summed E-state index contributed by atoms with van der Waals surface area (Å²) >= 11 is 0. The predicted octanol–water partition coefficient (Wildman–Crippen LogP) is 0.860. The molecule has 0 aliphatic carbocycles. The van der Waals surface area contributed by atoms with Crippen molar-refractivity contribution in [1.29, 1.82) is 0 Å². The Morgan fingerprint density at radius 1 is 1.30 bits per heavy atom. The highest BCUT2D eigenvalue weighted by Crippen LogP contribution is 2.22. The highest BCUT2D eigenvalue weighted by Gasteiger charge is 2.29. The molecule has 1 fully saturated rings. The summed E-state index contributed by atoms with van der Waals surface area (Å²) in [4.78, 5) is 2.52. The highest BCUT2D eigenvalue weighted by atomic mass is 32.2. The summed E-state index contributed by atoms with van der Waals surface area (Å²) in [5.41, 5.74) is 6.42. The molecule has 6 heteroatoms. The van der Waals surface area contributed by atoms with Gasteiger partial charge in [-0.15, -0.1) is 0 Å². The van der Waals surface area contributed by atoms with Crippen LogP contribution in [-0.2, 0) is 16.6 Å². The lowest BCUT2D eigenvalue weighted by Gasteiger charge is -2.34. The van der Waals surface area contributed by atoms with E-state index < -0.39 is 10.0 Å². The summed E-state index contributed by atoms with van der Waals surface area (Å²) < 4.78 is 26.8. The Kier molecular flexibility index (Phi) is 4.80. The smallest absolute Gasteiger partial charge is 0.243 e. The van der Waals surface area contributed by atoms with E-state index in [1.807, 2.05) is 20.2 Å². The second-order valence-electron chi connectivity index (χ2n) is 5.45. The zero-order valence-electron chi connectivity index (χ0n) is 12.1. The van der Waals surface area contributed by atoms with Crippen LogP contribution in [0, 0.1) is 0 Å². The average Bonchev–Trinajstić information content (AvgIpc) is 2.47. The lowest BCUT2D eigenvalue weighted by Crippen LogP contribution is -2.44. The van der Waals surface area contributed by atoms with Crippen molar-refractivity contribution in [1.82, 2.24) is 9.21 Å². The topological polar surface area (TPSA) is 66.6 Å². The molecule has 1 aliphatic rings. The van der Waals surface area contributed by atoms with Gasteiger partial charge in [-0.1, -0.05) is 12.1 Å². The maximum atomic E-state index is 12.6. The van der Waals surface area contributed by atoms with Gasteiger partial charge >= 0.3 is 0 Å². The fraction of sp³-hybridized carbons (Fsp3) is 0.571. The van der Waals surface area contributed by atoms with Crippen LogP contribution in [-0.4, -0.2) is 50.8 Å². The van der Waals surface area contributed by atoms with Crippen LogP contribution in [0.25, 0.3) is 0 Å². The van der Waals surface area contributed by atoms with E-state index in [1.165, 1.54) is 0 Å². The molecule has 2 rings (SSSR count). The maximum absolute atomic E-state index is 12.6. The van der Waals surface area contributed by atoms with E-state index in [0.29, 0.717) is 30.6 Å². The van der Waals surface area contributed by atoms with Crippen LogP contribution in [0.5, 0.6) is 0 Å². The maximum Gasteiger partial charge on any atom is 0.243 e. The van der Waals surface area contributed by atoms with Crippen molar-refractivity contribution in [2.75, 3.05) is 27.2 Å². The van der Waals surface area contributed by atoms with Crippen molar-refractivity contribution < 1.29 is 8.42 Å². The number of nitrogens with zero attached hydrogens (tertiary/aromatic N) is 2. The summed E-state index contributed by atoms with van der Waals surface area (Å²) in [6, 6.07) is 7.38. The molecule has 5 nitrogen and oxygen atoms in total. The second-order valence-corrected chi connectivity index (χ2v) is 7.39. The first-order valence-electron chi connectivity index (χ1n) is 6.90. The molecule has 1 aromatic rings. The first-order valence-corrected chi connectivity index (χ1v) is 8.34. The number of hydrogen-bond donors (Lipinski definition) is 1. The molecule has 0 amide bonds. The van der Waals surface area contributed by atoms with Crippen LogP contribution in [0.4, 0.5) is 0 Å². The summed E-state index contributed by atoms with van der Waals surface area (Å²) in [7, 11) is 0.698. The average molecular weight is 297 g/mol. The van der Waals surface area contributed by atoms with Crippen molar-refractivity contribution in [3.05, 3.63) is 29.8 Å². The van der Waals surface area contributed by atoms with E-state index in [0.717, 1.165) is 18.4 Å². The number of hydrogen-bond acceptors (Lipinski definition) is 4. The third kappa shape index (κ3) is 3.20. The van der Waals surface area contributed by atoms with Gasteiger partial charge in [-0.25, -0.2) is 8.42 Å². The fourth-order valence-corrected chi connectivity index (χ4v) is 4.12. The predicted molar refractivity (Wildman–Crippen MR) is 79.8 cm³/mol. The van der Waals surface area contributed by atoms with E-state index in [1.54, 1.807) is 22.5 Å². The highest BCUT2D eigenvalue weighted by molar-refractivity contribution is 7.89. The molecule has 1 saturated heterocycles. The Morgan fingerprint density at radius 2 is 1.95 bits per heavy atom. The van der Waals surface area contributed by atoms with Gasteiger partial charge in [0.25, 0.3) is 0 Å². The quantitative estimate of drug-likeness (QED) is 0.895. The number of nitrogens with two attached hydrogens (primary N) is 1. The van der Waals surface area contributed by atoms with Crippen molar-refractivity contribution in [2.45, 2.75) is 30.3 Å². The minimum absolute atomic E-state index is 0.351. The molecule has 1 aromatic carbocycles. The summed E-state index contributed by atoms with van der Waals surface area (Å²) in [5.74, 6) is 0. The normalized spacial score (nSPS) is 18.6. The van der Waals surface area contributed by atoms with Gasteiger partial charge in [-0.05, 0) is 44.6 Å². The van der Waals surface area contributed by atoms with Gasteiger partial charge in [0.15, 0.2) is 0 Å². The third-order valence-electron chi connectivity index (χ3n) is 3.93. The Balaban J connectivity index is 2.15. The van der Waals surface area contributed by atoms with Crippen molar-refractivity contribution in [3.8, 4) is 0 Å². The zero-order chi connectivity index (χ0) is 14.8. The molecule has 1 heterocycles. The van der Waals surface area contributed by atoms with Gasteiger partial charge in [-0.3, -0.25) is 0 Å². The molecule has 0 spiro atoms. The molecule has 0 aromatic heterocycles. The van der Waals surface area contributed by atoms with Gasteiger partial charge in [0.2, 0.25) is 10.0 Å². The third-order valence-corrected chi connectivity index (χ3v) is 5.82. The van der Waals surface area contributed by atoms with E-state index in [2.05, 4.69) is 4.90 Å². The lowest BCUT2D eigenvalue weighted by atomic mass is 10.1. The molecule has 0 unspecified atom stereocenters. The molecule has 0 atom stereocenters. The zero-order valence-corrected chi connectivity index (χ0v) is 12.9. The van der Waals surface area contributed by atoms with E-state index >= 15 is 0 Å². The largest absolute Gasteiger partial charge is 0.326 e. The first-order chi connectivity index (χ1) is 9.45. The van der Waals surface area contributed by atoms with Crippen LogP contribution in [0.15, 0.2) is 29.2 Å². The summed E-state index contributed by atoms with van der Waals surface area (Å²) in [6.07, 6.45) is 1.76. The summed E-state index contributed by atoms with van der Waals surface area (Å²) in [5, 5.41) is 0. The number of benzene rings is 1. The fourth-order valence-electron chi connectivity index (χ4n) is 2.58. The molecule has 2 N–H and O–H groups in total. The van der Waals surface area contributed by atoms with Gasteiger partial charge in [0.1, 0.15) is 0 Å². The van der Waals surface area contributed by atoms with E-state index in [4.69, 9.17) is 5.73 Å². The Bertz CT molecular complexity index is 549. The molecular formula is C14H23N3O2S. The van der Waals surface area contributed by atoms with Crippen LogP contribution in [0.2, 0.25) is 0 Å². The van der Waals surface area contributed by atoms with Gasteiger partial charge in [0.05, 0.1) is 4.90 Å². The van der Waals surface area contributed by atoms with Gasteiger partial charge < -0.3 is 10.6 Å². The molecule has 112 valence electrons. The Morgan fingerprint density at radius 3 is 2.50 bits per heavy atom. The van der Waals surface area contributed by atoms with Crippen LogP contribution < -0.4 is 5.73 Å². The minimum Gasteiger partial charge on any atom is -0.326 e. The monoisotopic (exact) mass is 297 g/mol. The molecule has 20 heavy (non-hydrogen) atoms. The summed E-state index contributed by atoms with van der Waals surface area (Å²) in [6.45, 7) is 1.52. The van der Waals surface area contributed by atoms with Crippen molar-refractivity contribution in [2.24, 2.45) is 5.73 Å². The molecular weight excluding hydrogens is 274 g/mol. The number of sulfonamides is 1. The van der Waals surface area contributed by atoms with Crippen molar-refractivity contribution >= 4 is 10.0 Å². The Hall–Kier alpha value is -0.950. The minimum atomic E-state index is -3.38. The number of piperidine rings is 1. The van der Waals surface area contributed by atoms with E-state index in [9.17, 15) is 8.42 Å². The second kappa shape index (κ2) is 6.22.